The van der Waals surface area contributed by atoms with E-state index >= 15 is 0 Å². The van der Waals surface area contributed by atoms with Gasteiger partial charge in [-0.2, -0.15) is 0 Å². The van der Waals surface area contributed by atoms with Crippen LogP contribution >= 0.6 is 23.2 Å². The number of hydrogen-bond donors (Lipinski definition) is 3. The minimum absolute atomic E-state index is 0.0890. The molecule has 0 aliphatic rings. The van der Waals surface area contributed by atoms with E-state index in [4.69, 9.17) is 23.2 Å². The molecule has 0 saturated heterocycles. The van der Waals surface area contributed by atoms with Crippen LogP contribution in [0.3, 0.4) is 0 Å². The standard InChI is InChI=1S/C17H17Cl2N3O4S/c1-2-20-17(24)11-4-3-5-12(8-11)22-16(23)10-21-27(25,26)13-6-7-14(18)15(19)9-13/h3-9,21H,2,10H2,1H3,(H,20,24)(H,22,23). The van der Waals surface area contributed by atoms with Crippen molar-refractivity contribution in [2.75, 3.05) is 18.4 Å². The number of halogens is 2. The normalized spacial score (nSPS) is 11.1. The van der Waals surface area contributed by atoms with Gasteiger partial charge in [0.05, 0.1) is 21.5 Å². The molecule has 2 aromatic carbocycles. The van der Waals surface area contributed by atoms with Gasteiger partial charge in [0.1, 0.15) is 0 Å². The van der Waals surface area contributed by atoms with Gasteiger partial charge in [-0.05, 0) is 43.3 Å². The molecule has 2 rings (SSSR count). The molecule has 10 heteroatoms. The highest BCUT2D eigenvalue weighted by molar-refractivity contribution is 7.89. The van der Waals surface area contributed by atoms with Crippen LogP contribution in [0.25, 0.3) is 0 Å². The molecule has 0 aromatic heterocycles. The lowest BCUT2D eigenvalue weighted by molar-refractivity contribution is -0.115. The summed E-state index contributed by atoms with van der Waals surface area (Å²) >= 11 is 11.6. The molecule has 2 amide bonds. The second-order valence-electron chi connectivity index (χ2n) is 5.39. The van der Waals surface area contributed by atoms with Crippen LogP contribution in [0.15, 0.2) is 47.4 Å². The molecule has 0 atom stereocenters. The highest BCUT2D eigenvalue weighted by Gasteiger charge is 2.17. The molecule has 0 unspecified atom stereocenters. The van der Waals surface area contributed by atoms with Gasteiger partial charge in [0.25, 0.3) is 5.91 Å². The molecular formula is C17H17Cl2N3O4S. The predicted octanol–water partition coefficient (Wildman–Crippen LogP) is 2.66. The zero-order valence-electron chi connectivity index (χ0n) is 14.3. The summed E-state index contributed by atoms with van der Waals surface area (Å²) in [6, 6.07) is 10.1. The molecule has 0 heterocycles. The highest BCUT2D eigenvalue weighted by Crippen LogP contribution is 2.24. The van der Waals surface area contributed by atoms with Crippen molar-refractivity contribution in [2.24, 2.45) is 0 Å². The average molecular weight is 430 g/mol. The van der Waals surface area contributed by atoms with Crippen molar-refractivity contribution in [3.8, 4) is 0 Å². The lowest BCUT2D eigenvalue weighted by atomic mass is 10.2. The summed E-state index contributed by atoms with van der Waals surface area (Å²) in [7, 11) is -3.93. The SMILES string of the molecule is CCNC(=O)c1cccc(NC(=O)CNS(=O)(=O)c2ccc(Cl)c(Cl)c2)c1. The number of benzene rings is 2. The molecule has 0 spiro atoms. The summed E-state index contributed by atoms with van der Waals surface area (Å²) < 4.78 is 26.6. The first-order chi connectivity index (χ1) is 12.7. The van der Waals surface area contributed by atoms with Crippen LogP contribution in [0.5, 0.6) is 0 Å². The van der Waals surface area contributed by atoms with Gasteiger partial charge >= 0.3 is 0 Å². The molecule has 144 valence electrons. The molecule has 0 aliphatic heterocycles. The average Bonchev–Trinajstić information content (AvgIpc) is 2.63. The summed E-state index contributed by atoms with van der Waals surface area (Å²) in [4.78, 5) is 23.7. The minimum Gasteiger partial charge on any atom is -0.352 e. The minimum atomic E-state index is -3.93. The van der Waals surface area contributed by atoms with E-state index in [1.807, 2.05) is 0 Å². The maximum Gasteiger partial charge on any atom is 0.251 e. The van der Waals surface area contributed by atoms with Crippen molar-refractivity contribution in [3.63, 3.8) is 0 Å². The Labute approximate surface area is 167 Å². The first-order valence-corrected chi connectivity index (χ1v) is 10.1. The van der Waals surface area contributed by atoms with Gasteiger partial charge in [0, 0.05) is 17.8 Å². The first kappa shape index (κ1) is 21.2. The fourth-order valence-corrected chi connectivity index (χ4v) is 3.46. The molecule has 27 heavy (non-hydrogen) atoms. The third-order valence-electron chi connectivity index (χ3n) is 3.37. The Bertz CT molecular complexity index is 964. The molecule has 0 aliphatic carbocycles. The maximum absolute atomic E-state index is 12.2. The van der Waals surface area contributed by atoms with Gasteiger partial charge in [0.15, 0.2) is 0 Å². The molecule has 0 saturated carbocycles. The first-order valence-electron chi connectivity index (χ1n) is 7.85. The molecule has 2 aromatic rings. The molecule has 0 bridgehead atoms. The summed E-state index contributed by atoms with van der Waals surface area (Å²) in [5, 5.41) is 5.49. The van der Waals surface area contributed by atoms with Gasteiger partial charge in [-0.25, -0.2) is 13.1 Å². The Morgan fingerprint density at radius 1 is 1.04 bits per heavy atom. The second-order valence-corrected chi connectivity index (χ2v) is 7.97. The zero-order chi connectivity index (χ0) is 20.0. The lowest BCUT2D eigenvalue weighted by Crippen LogP contribution is -2.33. The zero-order valence-corrected chi connectivity index (χ0v) is 16.6. The van der Waals surface area contributed by atoms with E-state index in [1.54, 1.807) is 25.1 Å². The number of carbonyl (C=O) groups is 2. The van der Waals surface area contributed by atoms with E-state index in [0.29, 0.717) is 17.8 Å². The number of sulfonamides is 1. The van der Waals surface area contributed by atoms with Gasteiger partial charge in [-0.3, -0.25) is 9.59 Å². The number of nitrogens with one attached hydrogen (secondary N) is 3. The smallest absolute Gasteiger partial charge is 0.251 e. The van der Waals surface area contributed by atoms with Crippen LogP contribution < -0.4 is 15.4 Å². The van der Waals surface area contributed by atoms with Gasteiger partial charge in [-0.1, -0.05) is 29.3 Å². The van der Waals surface area contributed by atoms with E-state index in [-0.39, 0.29) is 20.8 Å². The molecular weight excluding hydrogens is 413 g/mol. The van der Waals surface area contributed by atoms with Gasteiger partial charge in [0.2, 0.25) is 15.9 Å². The number of carbonyl (C=O) groups excluding carboxylic acids is 2. The number of rotatable bonds is 7. The Kier molecular flexibility index (Phi) is 7.20. The molecule has 3 N–H and O–H groups in total. The molecule has 0 fully saturated rings. The fourth-order valence-electron chi connectivity index (χ4n) is 2.09. The Morgan fingerprint density at radius 3 is 2.44 bits per heavy atom. The third kappa shape index (κ3) is 5.93. The van der Waals surface area contributed by atoms with Crippen molar-refractivity contribution >= 4 is 50.7 Å². The van der Waals surface area contributed by atoms with Crippen LogP contribution in [-0.4, -0.2) is 33.3 Å². The van der Waals surface area contributed by atoms with Crippen LogP contribution in [0.2, 0.25) is 10.0 Å². The van der Waals surface area contributed by atoms with Crippen LogP contribution in [-0.2, 0) is 14.8 Å². The van der Waals surface area contributed by atoms with Crippen LogP contribution in [0, 0.1) is 0 Å². The lowest BCUT2D eigenvalue weighted by Gasteiger charge is -2.09. The summed E-state index contributed by atoms with van der Waals surface area (Å²) in [6.07, 6.45) is 0. The van der Waals surface area contributed by atoms with Crippen molar-refractivity contribution < 1.29 is 18.0 Å². The Balaban J connectivity index is 2.00. The van der Waals surface area contributed by atoms with E-state index in [1.165, 1.54) is 24.3 Å². The number of anilines is 1. The summed E-state index contributed by atoms with van der Waals surface area (Å²) in [5.74, 6) is -0.861. The monoisotopic (exact) mass is 429 g/mol. The largest absolute Gasteiger partial charge is 0.352 e. The maximum atomic E-state index is 12.2. The van der Waals surface area contributed by atoms with E-state index < -0.39 is 22.5 Å². The van der Waals surface area contributed by atoms with E-state index in [2.05, 4.69) is 15.4 Å². The Hall–Kier alpha value is -2.13. The van der Waals surface area contributed by atoms with Crippen molar-refractivity contribution in [1.82, 2.24) is 10.0 Å². The fraction of sp³-hybridized carbons (Fsp3) is 0.176. The summed E-state index contributed by atoms with van der Waals surface area (Å²) in [5.41, 5.74) is 0.753. The Morgan fingerprint density at radius 2 is 1.78 bits per heavy atom. The van der Waals surface area contributed by atoms with Gasteiger partial charge < -0.3 is 10.6 Å². The second kappa shape index (κ2) is 9.18. The molecule has 0 radical (unpaired) electrons. The van der Waals surface area contributed by atoms with E-state index in [0.717, 1.165) is 0 Å². The summed E-state index contributed by atoms with van der Waals surface area (Å²) in [6.45, 7) is 1.78. The van der Waals surface area contributed by atoms with E-state index in [9.17, 15) is 18.0 Å². The van der Waals surface area contributed by atoms with Crippen molar-refractivity contribution in [3.05, 3.63) is 58.1 Å². The highest BCUT2D eigenvalue weighted by atomic mass is 35.5. The third-order valence-corrected chi connectivity index (χ3v) is 5.51. The topological polar surface area (TPSA) is 104 Å². The molecule has 7 nitrogen and oxygen atoms in total. The van der Waals surface area contributed by atoms with Gasteiger partial charge in [-0.15, -0.1) is 0 Å². The van der Waals surface area contributed by atoms with Crippen molar-refractivity contribution in [1.29, 1.82) is 0 Å². The number of hydrogen-bond acceptors (Lipinski definition) is 4. The van der Waals surface area contributed by atoms with Crippen LogP contribution in [0.1, 0.15) is 17.3 Å². The predicted molar refractivity (Wildman–Crippen MR) is 105 cm³/mol. The van der Waals surface area contributed by atoms with Crippen molar-refractivity contribution in [2.45, 2.75) is 11.8 Å². The number of amides is 2. The quantitative estimate of drug-likeness (QED) is 0.628. The van der Waals surface area contributed by atoms with Crippen LogP contribution in [0.4, 0.5) is 5.69 Å².